The number of carbonyl (C=O) groups excluding carboxylic acids is 1. The Balaban J connectivity index is 0. The fraction of sp³-hybridized carbons (Fsp3) is 0.900. The van der Waals surface area contributed by atoms with E-state index in [1.54, 1.807) is 14.0 Å². The number of hydrogen-bond acceptors (Lipinski definition) is 5. The maximum atomic E-state index is 10.2. The molecule has 0 radical (unpaired) electrons. The SMILES string of the molecule is CC(C)(O)O.CCC(C=O)OC(C)OC. The van der Waals surface area contributed by atoms with Gasteiger partial charge < -0.3 is 24.5 Å². The van der Waals surface area contributed by atoms with Gasteiger partial charge >= 0.3 is 0 Å². The van der Waals surface area contributed by atoms with Crippen LogP contribution in [0.3, 0.4) is 0 Å². The second-order valence-electron chi connectivity index (χ2n) is 3.52. The monoisotopic (exact) mass is 222 g/mol. The van der Waals surface area contributed by atoms with Gasteiger partial charge in [0.1, 0.15) is 12.4 Å². The third kappa shape index (κ3) is 19.8. The van der Waals surface area contributed by atoms with Crippen LogP contribution >= 0.6 is 0 Å². The zero-order valence-electron chi connectivity index (χ0n) is 10.1. The van der Waals surface area contributed by atoms with Crippen LogP contribution in [0.4, 0.5) is 0 Å². The lowest BCUT2D eigenvalue weighted by Gasteiger charge is -2.14. The van der Waals surface area contributed by atoms with Crippen molar-refractivity contribution >= 4 is 6.29 Å². The third-order valence-corrected chi connectivity index (χ3v) is 1.25. The highest BCUT2D eigenvalue weighted by molar-refractivity contribution is 5.55. The molecule has 0 bridgehead atoms. The molecule has 15 heavy (non-hydrogen) atoms. The van der Waals surface area contributed by atoms with Gasteiger partial charge in [0.05, 0.1) is 0 Å². The summed E-state index contributed by atoms with van der Waals surface area (Å²) in [6.07, 6.45) is 0.859. The highest BCUT2D eigenvalue weighted by Gasteiger charge is 2.08. The largest absolute Gasteiger partial charge is 0.366 e. The molecule has 2 atom stereocenters. The first-order valence-corrected chi connectivity index (χ1v) is 4.82. The molecule has 0 saturated carbocycles. The van der Waals surface area contributed by atoms with Gasteiger partial charge in [0.25, 0.3) is 0 Å². The maximum absolute atomic E-state index is 10.2. The van der Waals surface area contributed by atoms with Crippen molar-refractivity contribution in [1.82, 2.24) is 0 Å². The minimum absolute atomic E-state index is 0.296. The van der Waals surface area contributed by atoms with Gasteiger partial charge in [0.2, 0.25) is 0 Å². The van der Waals surface area contributed by atoms with Crippen molar-refractivity contribution in [2.45, 2.75) is 52.3 Å². The van der Waals surface area contributed by atoms with Crippen LogP contribution in [0.15, 0.2) is 0 Å². The fourth-order valence-electron chi connectivity index (χ4n) is 0.526. The summed E-state index contributed by atoms with van der Waals surface area (Å²) < 4.78 is 9.91. The van der Waals surface area contributed by atoms with E-state index in [2.05, 4.69) is 0 Å². The van der Waals surface area contributed by atoms with Gasteiger partial charge in [0.15, 0.2) is 12.1 Å². The van der Waals surface area contributed by atoms with Crippen LogP contribution in [-0.2, 0) is 14.3 Å². The van der Waals surface area contributed by atoms with E-state index in [1.807, 2.05) is 6.92 Å². The Morgan fingerprint density at radius 1 is 1.40 bits per heavy atom. The molecule has 0 saturated heterocycles. The minimum Gasteiger partial charge on any atom is -0.366 e. The topological polar surface area (TPSA) is 76.0 Å². The van der Waals surface area contributed by atoms with Crippen LogP contribution in [0.2, 0.25) is 0 Å². The van der Waals surface area contributed by atoms with Gasteiger partial charge in [-0.25, -0.2) is 0 Å². The lowest BCUT2D eigenvalue weighted by atomic mass is 10.3. The van der Waals surface area contributed by atoms with E-state index in [0.717, 1.165) is 6.29 Å². The van der Waals surface area contributed by atoms with E-state index in [9.17, 15) is 4.79 Å². The van der Waals surface area contributed by atoms with Crippen molar-refractivity contribution in [3.8, 4) is 0 Å². The number of methoxy groups -OCH3 is 1. The average molecular weight is 222 g/mol. The molecule has 0 aliphatic carbocycles. The average Bonchev–Trinajstić information content (AvgIpc) is 2.11. The Hall–Kier alpha value is -0.490. The highest BCUT2D eigenvalue weighted by atomic mass is 16.7. The number of rotatable bonds is 5. The molecule has 0 rings (SSSR count). The van der Waals surface area contributed by atoms with Crippen LogP contribution in [0.25, 0.3) is 0 Å². The van der Waals surface area contributed by atoms with E-state index in [1.165, 1.54) is 13.8 Å². The second kappa shape index (κ2) is 8.79. The highest BCUT2D eigenvalue weighted by Crippen LogP contribution is 1.99. The second-order valence-corrected chi connectivity index (χ2v) is 3.52. The molecule has 2 unspecified atom stereocenters. The van der Waals surface area contributed by atoms with E-state index < -0.39 is 5.79 Å². The van der Waals surface area contributed by atoms with Crippen molar-refractivity contribution in [1.29, 1.82) is 0 Å². The standard InChI is InChI=1S/C7H14O3.C3H8O2/c1-4-7(5-8)10-6(2)9-3;1-3(2,4)5/h5-7H,4H2,1-3H3;4-5H,1-2H3. The molecule has 0 aliphatic heterocycles. The molecular weight excluding hydrogens is 200 g/mol. The number of aliphatic hydroxyl groups is 2. The molecule has 92 valence electrons. The van der Waals surface area contributed by atoms with Crippen molar-refractivity contribution < 1.29 is 24.5 Å². The van der Waals surface area contributed by atoms with Gasteiger partial charge in [-0.1, -0.05) is 6.92 Å². The first-order valence-electron chi connectivity index (χ1n) is 4.82. The first-order chi connectivity index (χ1) is 6.74. The molecule has 0 fully saturated rings. The van der Waals surface area contributed by atoms with Gasteiger partial charge in [-0.15, -0.1) is 0 Å². The van der Waals surface area contributed by atoms with E-state index >= 15 is 0 Å². The Morgan fingerprint density at radius 3 is 2.00 bits per heavy atom. The van der Waals surface area contributed by atoms with E-state index in [4.69, 9.17) is 19.7 Å². The summed E-state index contributed by atoms with van der Waals surface area (Å²) in [4.78, 5) is 10.2. The van der Waals surface area contributed by atoms with Crippen molar-refractivity contribution in [3.05, 3.63) is 0 Å². The van der Waals surface area contributed by atoms with Crippen molar-refractivity contribution in [2.24, 2.45) is 0 Å². The summed E-state index contributed by atoms with van der Waals surface area (Å²) in [5.41, 5.74) is 0. The number of ether oxygens (including phenoxy) is 2. The molecule has 5 heteroatoms. The molecule has 0 aromatic carbocycles. The Bertz CT molecular complexity index is 146. The quantitative estimate of drug-likeness (QED) is 0.528. The van der Waals surface area contributed by atoms with Gasteiger partial charge in [-0.3, -0.25) is 0 Å². The maximum Gasteiger partial charge on any atom is 0.156 e. The fourth-order valence-corrected chi connectivity index (χ4v) is 0.526. The molecule has 0 aromatic heterocycles. The van der Waals surface area contributed by atoms with Crippen molar-refractivity contribution in [3.63, 3.8) is 0 Å². The predicted octanol–water partition coefficient (Wildman–Crippen LogP) is 0.680. The molecule has 2 N–H and O–H groups in total. The molecule has 0 spiro atoms. The third-order valence-electron chi connectivity index (χ3n) is 1.25. The lowest BCUT2D eigenvalue weighted by molar-refractivity contribution is -0.154. The van der Waals surface area contributed by atoms with Gasteiger partial charge in [-0.05, 0) is 27.2 Å². The predicted molar refractivity (Wildman–Crippen MR) is 56.2 cm³/mol. The summed E-state index contributed by atoms with van der Waals surface area (Å²) in [5, 5.41) is 16.2. The minimum atomic E-state index is -1.50. The van der Waals surface area contributed by atoms with Crippen LogP contribution in [0, 0.1) is 0 Å². The van der Waals surface area contributed by atoms with Crippen LogP contribution in [0.1, 0.15) is 34.1 Å². The summed E-state index contributed by atoms with van der Waals surface area (Å²) in [6, 6.07) is 0. The molecule has 5 nitrogen and oxygen atoms in total. The Kier molecular flexibility index (Phi) is 9.92. The summed E-state index contributed by atoms with van der Waals surface area (Å²) in [7, 11) is 1.54. The molecule has 0 heterocycles. The molecule has 0 aromatic rings. The molecule has 0 aliphatic rings. The smallest absolute Gasteiger partial charge is 0.156 e. The van der Waals surface area contributed by atoms with Crippen LogP contribution in [-0.4, -0.2) is 41.8 Å². The number of aldehydes is 1. The molecular formula is C10H22O5. The zero-order valence-corrected chi connectivity index (χ0v) is 10.1. The first kappa shape index (κ1) is 16.9. The summed E-state index contributed by atoms with van der Waals surface area (Å²) in [5.74, 6) is -1.50. The Morgan fingerprint density at radius 2 is 1.80 bits per heavy atom. The zero-order chi connectivity index (χ0) is 12.5. The summed E-state index contributed by atoms with van der Waals surface area (Å²) in [6.45, 7) is 6.24. The number of carbonyl (C=O) groups is 1. The van der Waals surface area contributed by atoms with Crippen molar-refractivity contribution in [2.75, 3.05) is 7.11 Å². The van der Waals surface area contributed by atoms with Crippen LogP contribution < -0.4 is 0 Å². The van der Waals surface area contributed by atoms with Gasteiger partial charge in [-0.2, -0.15) is 0 Å². The molecule has 0 amide bonds. The van der Waals surface area contributed by atoms with E-state index in [-0.39, 0.29) is 12.4 Å². The normalized spacial score (nSPS) is 14.9. The Labute approximate surface area is 91.0 Å². The summed E-state index contributed by atoms with van der Waals surface area (Å²) >= 11 is 0. The van der Waals surface area contributed by atoms with E-state index in [0.29, 0.717) is 6.42 Å². The van der Waals surface area contributed by atoms with Crippen LogP contribution in [0.5, 0.6) is 0 Å². The lowest BCUT2D eigenvalue weighted by Crippen LogP contribution is -2.21. The van der Waals surface area contributed by atoms with Gasteiger partial charge in [0, 0.05) is 7.11 Å². The number of hydrogen-bond donors (Lipinski definition) is 2.